The first-order valence-electron chi connectivity index (χ1n) is 12.1. The first kappa shape index (κ1) is 27.5. The number of pyridine rings is 1. The Balaban J connectivity index is 1.81. The molecule has 0 spiro atoms. The van der Waals surface area contributed by atoms with Crippen molar-refractivity contribution < 1.29 is 37.0 Å². The first-order valence-corrected chi connectivity index (χ1v) is 12.5. The van der Waals surface area contributed by atoms with E-state index in [1.807, 2.05) is 0 Å². The number of alkyl halides is 2. The van der Waals surface area contributed by atoms with Crippen molar-refractivity contribution in [3.8, 4) is 11.5 Å². The van der Waals surface area contributed by atoms with E-state index in [1.54, 1.807) is 30.0 Å². The molecule has 3 aromatic rings. The Kier molecular flexibility index (Phi) is 8.61. The highest BCUT2D eigenvalue weighted by Gasteiger charge is 2.25. The number of carbonyl (C=O) groups excluding carboxylic acids is 2. The van der Waals surface area contributed by atoms with Crippen LogP contribution in [-0.2, 0) is 22.4 Å². The van der Waals surface area contributed by atoms with Gasteiger partial charge in [-0.2, -0.15) is 8.78 Å². The van der Waals surface area contributed by atoms with E-state index in [9.17, 15) is 22.8 Å². The van der Waals surface area contributed by atoms with Gasteiger partial charge in [0.05, 0.1) is 12.5 Å². The molecule has 2 aromatic carbocycles. The minimum absolute atomic E-state index is 0.0120. The fourth-order valence-electron chi connectivity index (χ4n) is 4.49. The molecule has 0 unspecified atom stereocenters. The molecule has 0 aliphatic carbocycles. The lowest BCUT2D eigenvalue weighted by Crippen LogP contribution is -2.27. The molecule has 1 fully saturated rings. The standard InChI is InChI=1S/C27H26ClF3N2O5/c1-3-20-17(12-15-6-7-16(13-18(15)28)26(35)33-10-4-5-11-33)25(38-27(30)31)23-21(37-14-22(34)36-2)9-8-19(29)24(23)32-20/h6-9,13,27H,3-5,10-12,14H2,1-2H3. The number of hydrogen-bond donors (Lipinski definition) is 0. The van der Waals surface area contributed by atoms with Gasteiger partial charge in [0.1, 0.15) is 22.8 Å². The first-order chi connectivity index (χ1) is 18.2. The lowest BCUT2D eigenvalue weighted by Gasteiger charge is -2.20. The van der Waals surface area contributed by atoms with Gasteiger partial charge in [0.15, 0.2) is 6.61 Å². The van der Waals surface area contributed by atoms with E-state index in [2.05, 4.69) is 9.72 Å². The molecule has 11 heteroatoms. The number of halogens is 4. The van der Waals surface area contributed by atoms with E-state index in [-0.39, 0.29) is 51.7 Å². The number of aromatic nitrogens is 1. The van der Waals surface area contributed by atoms with Crippen molar-refractivity contribution in [1.82, 2.24) is 9.88 Å². The van der Waals surface area contributed by atoms with Crippen molar-refractivity contribution in [3.63, 3.8) is 0 Å². The largest absolute Gasteiger partial charge is 0.481 e. The molecule has 0 radical (unpaired) electrons. The number of benzene rings is 2. The summed E-state index contributed by atoms with van der Waals surface area (Å²) in [5.74, 6) is -2.01. The van der Waals surface area contributed by atoms with Gasteiger partial charge < -0.3 is 19.1 Å². The van der Waals surface area contributed by atoms with Crippen molar-refractivity contribution in [3.05, 3.63) is 63.6 Å². The summed E-state index contributed by atoms with van der Waals surface area (Å²) >= 11 is 6.54. The highest BCUT2D eigenvalue weighted by Crippen LogP contribution is 2.41. The van der Waals surface area contributed by atoms with Gasteiger partial charge in [-0.15, -0.1) is 0 Å². The van der Waals surface area contributed by atoms with E-state index < -0.39 is 25.0 Å². The number of ether oxygens (including phenoxy) is 3. The molecule has 1 aliphatic heterocycles. The maximum atomic E-state index is 14.8. The number of hydrogen-bond acceptors (Lipinski definition) is 6. The van der Waals surface area contributed by atoms with Gasteiger partial charge in [0.25, 0.3) is 5.91 Å². The van der Waals surface area contributed by atoms with Crippen LogP contribution in [0.1, 0.15) is 46.9 Å². The van der Waals surface area contributed by atoms with Gasteiger partial charge in [0.2, 0.25) is 0 Å². The Morgan fingerprint density at radius 2 is 1.89 bits per heavy atom. The third kappa shape index (κ3) is 5.80. The molecular formula is C27H26ClF3N2O5. The zero-order chi connectivity index (χ0) is 27.4. The second-order valence-corrected chi connectivity index (χ2v) is 9.12. The van der Waals surface area contributed by atoms with Gasteiger partial charge >= 0.3 is 12.6 Å². The number of nitrogens with zero attached hydrogens (tertiary/aromatic N) is 2. The molecule has 1 saturated heterocycles. The quantitative estimate of drug-likeness (QED) is 0.324. The summed E-state index contributed by atoms with van der Waals surface area (Å²) in [6.45, 7) is -0.650. The van der Waals surface area contributed by atoms with Gasteiger partial charge in [-0.25, -0.2) is 14.2 Å². The van der Waals surface area contributed by atoms with Crippen LogP contribution in [0, 0.1) is 5.82 Å². The zero-order valence-electron chi connectivity index (χ0n) is 20.9. The maximum Gasteiger partial charge on any atom is 0.387 e. The number of fused-ring (bicyclic) bond motifs is 1. The number of rotatable bonds is 9. The minimum Gasteiger partial charge on any atom is -0.481 e. The molecule has 7 nitrogen and oxygen atoms in total. The monoisotopic (exact) mass is 550 g/mol. The molecule has 38 heavy (non-hydrogen) atoms. The Labute approximate surface area is 222 Å². The van der Waals surface area contributed by atoms with E-state index in [1.165, 1.54) is 13.2 Å². The van der Waals surface area contributed by atoms with Crippen molar-refractivity contribution in [2.75, 3.05) is 26.8 Å². The predicted molar refractivity (Wildman–Crippen MR) is 135 cm³/mol. The van der Waals surface area contributed by atoms with Gasteiger partial charge in [-0.05, 0) is 49.1 Å². The van der Waals surface area contributed by atoms with Crippen LogP contribution in [0.15, 0.2) is 30.3 Å². The van der Waals surface area contributed by atoms with Crippen molar-refractivity contribution in [2.45, 2.75) is 39.2 Å². The third-order valence-corrected chi connectivity index (χ3v) is 6.71. The summed E-state index contributed by atoms with van der Waals surface area (Å²) in [6, 6.07) is 7.12. The van der Waals surface area contributed by atoms with E-state index >= 15 is 0 Å². The molecule has 0 N–H and O–H groups in total. The molecule has 0 atom stereocenters. The van der Waals surface area contributed by atoms with Crippen molar-refractivity contribution >= 4 is 34.4 Å². The number of esters is 1. The summed E-state index contributed by atoms with van der Waals surface area (Å²) in [5.41, 5.74) is 1.31. The zero-order valence-corrected chi connectivity index (χ0v) is 21.6. The van der Waals surface area contributed by atoms with Crippen LogP contribution in [0.2, 0.25) is 5.02 Å². The van der Waals surface area contributed by atoms with Crippen LogP contribution in [0.25, 0.3) is 10.9 Å². The van der Waals surface area contributed by atoms with Crippen molar-refractivity contribution in [2.24, 2.45) is 0 Å². The lowest BCUT2D eigenvalue weighted by atomic mass is 9.97. The van der Waals surface area contributed by atoms with Crippen LogP contribution in [0.5, 0.6) is 11.5 Å². The highest BCUT2D eigenvalue weighted by molar-refractivity contribution is 6.31. The van der Waals surface area contributed by atoms with E-state index in [0.717, 1.165) is 18.9 Å². The number of aryl methyl sites for hydroxylation is 1. The van der Waals surface area contributed by atoms with E-state index in [4.69, 9.17) is 21.1 Å². The molecule has 0 bridgehead atoms. The average molecular weight is 551 g/mol. The Hall–Kier alpha value is -3.53. The molecule has 1 amide bonds. The topological polar surface area (TPSA) is 78.0 Å². The number of methoxy groups -OCH3 is 1. The average Bonchev–Trinajstić information content (AvgIpc) is 3.44. The van der Waals surface area contributed by atoms with Crippen LogP contribution < -0.4 is 9.47 Å². The van der Waals surface area contributed by atoms with E-state index in [0.29, 0.717) is 29.9 Å². The molecule has 1 aromatic heterocycles. The number of carbonyl (C=O) groups is 2. The normalized spacial score (nSPS) is 13.3. The summed E-state index contributed by atoms with van der Waals surface area (Å²) in [7, 11) is 1.17. The van der Waals surface area contributed by atoms with Crippen molar-refractivity contribution in [1.29, 1.82) is 0 Å². The summed E-state index contributed by atoms with van der Waals surface area (Å²) in [6.07, 6.45) is 2.19. The third-order valence-electron chi connectivity index (χ3n) is 6.36. The SMILES string of the molecule is CCc1nc2c(F)ccc(OCC(=O)OC)c2c(OC(F)F)c1Cc1ccc(C(=O)N2CCCC2)cc1Cl. The maximum absolute atomic E-state index is 14.8. The smallest absolute Gasteiger partial charge is 0.387 e. The second-order valence-electron chi connectivity index (χ2n) is 8.71. The second kappa shape index (κ2) is 11.9. The highest BCUT2D eigenvalue weighted by atomic mass is 35.5. The summed E-state index contributed by atoms with van der Waals surface area (Å²) in [4.78, 5) is 30.5. The van der Waals surface area contributed by atoms with Gasteiger partial charge in [-0.1, -0.05) is 24.6 Å². The van der Waals surface area contributed by atoms with Crippen LogP contribution >= 0.6 is 11.6 Å². The molecule has 1 aliphatic rings. The van der Waals surface area contributed by atoms with Gasteiger partial charge in [-0.3, -0.25) is 4.79 Å². The fraction of sp³-hybridized carbons (Fsp3) is 0.370. The Bertz CT molecular complexity index is 1360. The molecule has 2 heterocycles. The summed E-state index contributed by atoms with van der Waals surface area (Å²) in [5, 5.41) is 0.125. The molecule has 0 saturated carbocycles. The summed E-state index contributed by atoms with van der Waals surface area (Å²) < 4.78 is 57.1. The number of amides is 1. The fourth-order valence-corrected chi connectivity index (χ4v) is 4.73. The van der Waals surface area contributed by atoms with Crippen LogP contribution in [0.3, 0.4) is 0 Å². The minimum atomic E-state index is -3.24. The predicted octanol–water partition coefficient (Wildman–Crippen LogP) is 5.57. The Morgan fingerprint density at radius 3 is 2.53 bits per heavy atom. The lowest BCUT2D eigenvalue weighted by molar-refractivity contribution is -0.142. The Morgan fingerprint density at radius 1 is 1.16 bits per heavy atom. The van der Waals surface area contributed by atoms with Crippen LogP contribution in [0.4, 0.5) is 13.2 Å². The van der Waals surface area contributed by atoms with Crippen LogP contribution in [-0.4, -0.2) is 55.2 Å². The number of likely N-dealkylation sites (tertiary alicyclic amines) is 1. The molecule has 202 valence electrons. The molecular weight excluding hydrogens is 525 g/mol. The van der Waals surface area contributed by atoms with Gasteiger partial charge in [0, 0.05) is 41.4 Å². The molecule has 4 rings (SSSR count).